The summed E-state index contributed by atoms with van der Waals surface area (Å²) < 4.78 is 5.67. The van der Waals surface area contributed by atoms with Crippen molar-refractivity contribution >= 4 is 11.7 Å². The zero-order chi connectivity index (χ0) is 18.2. The molecule has 0 aliphatic carbocycles. The predicted octanol–water partition coefficient (Wildman–Crippen LogP) is 4.26. The van der Waals surface area contributed by atoms with Crippen molar-refractivity contribution in [2.45, 2.75) is 52.6 Å². The maximum atomic E-state index is 12.8. The molecular weight excluding hydrogens is 312 g/mol. The zero-order valence-corrected chi connectivity index (χ0v) is 15.6. The van der Waals surface area contributed by atoms with Crippen LogP contribution in [0.1, 0.15) is 53.2 Å². The van der Waals surface area contributed by atoms with E-state index in [0.29, 0.717) is 12.0 Å². The first-order valence-corrected chi connectivity index (χ1v) is 8.87. The van der Waals surface area contributed by atoms with E-state index in [2.05, 4.69) is 34.8 Å². The number of carbonyl (C=O) groups excluding carboxylic acids is 1. The van der Waals surface area contributed by atoms with Crippen LogP contribution in [0.2, 0.25) is 0 Å². The molecule has 2 rings (SSSR count). The molecular formula is C21H28N2O2. The highest BCUT2D eigenvalue weighted by atomic mass is 16.5. The Morgan fingerprint density at radius 3 is 2.68 bits per heavy atom. The van der Waals surface area contributed by atoms with Crippen LogP contribution in [0.5, 0.6) is 0 Å². The molecule has 0 aromatic heterocycles. The van der Waals surface area contributed by atoms with Crippen molar-refractivity contribution in [3.8, 4) is 0 Å². The summed E-state index contributed by atoms with van der Waals surface area (Å²) in [5.74, 6) is -0.252. The molecule has 0 saturated heterocycles. The molecule has 134 valence electrons. The van der Waals surface area contributed by atoms with Crippen LogP contribution in [0.15, 0.2) is 41.5 Å². The molecule has 0 amide bonds. The second kappa shape index (κ2) is 9.21. The Morgan fingerprint density at radius 2 is 1.92 bits per heavy atom. The highest BCUT2D eigenvalue weighted by Gasteiger charge is 2.19. The van der Waals surface area contributed by atoms with Gasteiger partial charge in [0.05, 0.1) is 11.3 Å². The number of fused-ring (bicyclic) bond motifs is 1. The Labute approximate surface area is 150 Å². The SMILES string of the molecule is CNN=C1/C=C/CC/C=C/CC(C)OC(=O)c2c(C)cc(C)cc2C1. The molecule has 25 heavy (non-hydrogen) atoms. The monoisotopic (exact) mass is 340 g/mol. The summed E-state index contributed by atoms with van der Waals surface area (Å²) in [5.41, 5.74) is 7.46. The van der Waals surface area contributed by atoms with Gasteiger partial charge in [0, 0.05) is 19.9 Å². The summed E-state index contributed by atoms with van der Waals surface area (Å²) in [7, 11) is 1.78. The number of nitrogens with zero attached hydrogens (tertiary/aromatic N) is 1. The topological polar surface area (TPSA) is 50.7 Å². The number of carbonyl (C=O) groups is 1. The minimum absolute atomic E-state index is 0.138. The van der Waals surface area contributed by atoms with Gasteiger partial charge >= 0.3 is 5.97 Å². The van der Waals surface area contributed by atoms with Crippen molar-refractivity contribution in [2.24, 2.45) is 5.10 Å². The molecule has 0 radical (unpaired) electrons. The molecule has 1 aromatic carbocycles. The third-order valence-corrected chi connectivity index (χ3v) is 4.15. The van der Waals surface area contributed by atoms with Crippen molar-refractivity contribution in [1.29, 1.82) is 0 Å². The fraction of sp³-hybridized carbons (Fsp3) is 0.429. The molecule has 4 nitrogen and oxygen atoms in total. The van der Waals surface area contributed by atoms with Gasteiger partial charge in [0.15, 0.2) is 0 Å². The van der Waals surface area contributed by atoms with E-state index >= 15 is 0 Å². The fourth-order valence-electron chi connectivity index (χ4n) is 3.07. The van der Waals surface area contributed by atoms with E-state index in [4.69, 9.17) is 4.74 Å². The Balaban J connectivity index is 2.46. The molecule has 1 N–H and O–H groups in total. The van der Waals surface area contributed by atoms with Gasteiger partial charge in [-0.05, 0) is 50.8 Å². The zero-order valence-electron chi connectivity index (χ0n) is 15.6. The van der Waals surface area contributed by atoms with E-state index < -0.39 is 0 Å². The van der Waals surface area contributed by atoms with Crippen molar-refractivity contribution < 1.29 is 9.53 Å². The maximum absolute atomic E-state index is 12.8. The number of rotatable bonds is 1. The second-order valence-corrected chi connectivity index (χ2v) is 6.52. The molecule has 4 heteroatoms. The molecule has 1 atom stereocenters. The van der Waals surface area contributed by atoms with Crippen LogP contribution >= 0.6 is 0 Å². The van der Waals surface area contributed by atoms with Gasteiger partial charge in [-0.3, -0.25) is 0 Å². The van der Waals surface area contributed by atoms with Gasteiger partial charge in [-0.1, -0.05) is 35.9 Å². The Bertz CT molecular complexity index is 702. The molecule has 0 saturated carbocycles. The van der Waals surface area contributed by atoms with E-state index in [-0.39, 0.29) is 12.1 Å². The summed E-state index contributed by atoms with van der Waals surface area (Å²) in [6, 6.07) is 4.08. The minimum Gasteiger partial charge on any atom is -0.459 e. The van der Waals surface area contributed by atoms with Gasteiger partial charge in [0.25, 0.3) is 0 Å². The molecule has 0 spiro atoms. The number of cyclic esters (lactones) is 1. The number of hydrazone groups is 1. The number of benzene rings is 1. The van der Waals surface area contributed by atoms with E-state index in [1.54, 1.807) is 7.05 Å². The quantitative estimate of drug-likeness (QED) is 0.472. The van der Waals surface area contributed by atoms with Crippen LogP contribution in [0, 0.1) is 13.8 Å². The molecule has 1 aliphatic rings. The third kappa shape index (κ3) is 5.59. The number of esters is 1. The Hall–Kier alpha value is -2.36. The molecule has 0 fully saturated rings. The van der Waals surface area contributed by atoms with Gasteiger partial charge < -0.3 is 10.2 Å². The van der Waals surface area contributed by atoms with Crippen LogP contribution < -0.4 is 5.43 Å². The van der Waals surface area contributed by atoms with Crippen LogP contribution in [0.3, 0.4) is 0 Å². The first kappa shape index (κ1) is 19.0. The van der Waals surface area contributed by atoms with Gasteiger partial charge in [-0.2, -0.15) is 5.10 Å². The fourth-order valence-corrected chi connectivity index (χ4v) is 3.07. The Morgan fingerprint density at radius 1 is 1.16 bits per heavy atom. The van der Waals surface area contributed by atoms with Crippen LogP contribution in [0.4, 0.5) is 0 Å². The van der Waals surface area contributed by atoms with Crippen LogP contribution in [-0.2, 0) is 11.2 Å². The summed E-state index contributed by atoms with van der Waals surface area (Å²) >= 11 is 0. The lowest BCUT2D eigenvalue weighted by Gasteiger charge is -2.17. The van der Waals surface area contributed by atoms with Crippen LogP contribution in [0.25, 0.3) is 0 Å². The van der Waals surface area contributed by atoms with Gasteiger partial charge in [-0.15, -0.1) is 0 Å². The lowest BCUT2D eigenvalue weighted by Crippen LogP contribution is -2.19. The smallest absolute Gasteiger partial charge is 0.338 e. The molecule has 1 unspecified atom stereocenters. The van der Waals surface area contributed by atoms with Crippen molar-refractivity contribution in [2.75, 3.05) is 7.05 Å². The largest absolute Gasteiger partial charge is 0.459 e. The predicted molar refractivity (Wildman–Crippen MR) is 103 cm³/mol. The van der Waals surface area contributed by atoms with E-state index in [9.17, 15) is 4.79 Å². The van der Waals surface area contributed by atoms with Crippen LogP contribution in [-0.4, -0.2) is 24.8 Å². The number of ether oxygens (including phenoxy) is 1. The van der Waals surface area contributed by atoms with Crippen molar-refractivity contribution in [3.63, 3.8) is 0 Å². The van der Waals surface area contributed by atoms with E-state index in [1.165, 1.54) is 0 Å². The van der Waals surface area contributed by atoms with Crippen molar-refractivity contribution in [1.82, 2.24) is 5.43 Å². The second-order valence-electron chi connectivity index (χ2n) is 6.52. The summed E-state index contributed by atoms with van der Waals surface area (Å²) in [6.07, 6.45) is 11.5. The number of nitrogens with one attached hydrogen (secondary N) is 1. The highest BCUT2D eigenvalue weighted by Crippen LogP contribution is 2.21. The number of hydrogen-bond donors (Lipinski definition) is 1. The summed E-state index contributed by atoms with van der Waals surface area (Å²) in [4.78, 5) is 12.8. The number of aryl methyl sites for hydroxylation is 2. The first-order valence-electron chi connectivity index (χ1n) is 8.87. The highest BCUT2D eigenvalue weighted by molar-refractivity contribution is 6.00. The lowest BCUT2D eigenvalue weighted by molar-refractivity contribution is 0.0346. The van der Waals surface area contributed by atoms with Crippen molar-refractivity contribution in [3.05, 3.63) is 58.7 Å². The lowest BCUT2D eigenvalue weighted by atomic mass is 9.95. The normalized spacial score (nSPS) is 23.3. The van der Waals surface area contributed by atoms with E-state index in [1.807, 2.05) is 32.9 Å². The standard InChI is InChI=1S/C21H28N2O2/c1-15-12-16(2)20-18(13-15)14-19(23-22-4)11-9-7-5-6-8-10-17(3)25-21(20)24/h6,8-9,11-13,17,22H,5,7,10,14H2,1-4H3/b8-6+,11-9+,23-19?. The average Bonchev–Trinajstić information content (AvgIpc) is 2.52. The van der Waals surface area contributed by atoms with Gasteiger partial charge in [0.1, 0.15) is 6.10 Å². The number of hydrogen-bond acceptors (Lipinski definition) is 4. The Kier molecular flexibility index (Phi) is 6.99. The molecule has 1 aliphatic heterocycles. The molecule has 1 aromatic rings. The van der Waals surface area contributed by atoms with Gasteiger partial charge in [0.2, 0.25) is 0 Å². The van der Waals surface area contributed by atoms with Gasteiger partial charge in [-0.25, -0.2) is 4.79 Å². The number of allylic oxidation sites excluding steroid dienone is 3. The molecule has 0 bridgehead atoms. The summed E-state index contributed by atoms with van der Waals surface area (Å²) in [5, 5.41) is 4.36. The third-order valence-electron chi connectivity index (χ3n) is 4.15. The summed E-state index contributed by atoms with van der Waals surface area (Å²) in [6.45, 7) is 5.94. The van der Waals surface area contributed by atoms with E-state index in [0.717, 1.165) is 41.7 Å². The average molecular weight is 340 g/mol. The molecule has 1 heterocycles. The maximum Gasteiger partial charge on any atom is 0.338 e. The first-order chi connectivity index (χ1) is 12.0. The minimum atomic E-state index is -0.252.